The summed E-state index contributed by atoms with van der Waals surface area (Å²) in [6, 6.07) is 17.5. The Kier molecular flexibility index (Phi) is 9.32. The minimum atomic E-state index is -0.968. The molecule has 2 aromatic carbocycles. The van der Waals surface area contributed by atoms with E-state index in [-0.39, 0.29) is 21.6 Å². The number of halogens is 2. The van der Waals surface area contributed by atoms with Crippen LogP contribution in [-0.4, -0.2) is 21.6 Å². The summed E-state index contributed by atoms with van der Waals surface area (Å²) < 4.78 is 0. The lowest BCUT2D eigenvalue weighted by Crippen LogP contribution is -2.35. The van der Waals surface area contributed by atoms with Crippen LogP contribution in [0.1, 0.15) is 23.0 Å². The van der Waals surface area contributed by atoms with Crippen LogP contribution in [0, 0.1) is 22.7 Å². The Hall–Kier alpha value is -3.28. The number of benzene rings is 2. The molecule has 12 heteroatoms. The summed E-state index contributed by atoms with van der Waals surface area (Å²) >= 11 is 21.7. The standard InChI is InChI=1S/C20H16Cl2N8S2/c21-13-5-1-11(2-6-13)15(9-23)17(27-29-19(25)31)18(28-30-20(26)32)16(10-24)12-3-7-14(22)8-4-12/h1-8,15-16H,(H3,25,29,31)(H3,26,30,32)/b27-17-,28-18+/t15-,16+/m0/s1. The average Bonchev–Trinajstić information content (AvgIpc) is 2.76. The highest BCUT2D eigenvalue weighted by Crippen LogP contribution is 2.26. The van der Waals surface area contributed by atoms with Crippen LogP contribution in [0.25, 0.3) is 0 Å². The zero-order chi connectivity index (χ0) is 23.7. The molecule has 0 aliphatic heterocycles. The van der Waals surface area contributed by atoms with Gasteiger partial charge >= 0.3 is 0 Å². The minimum Gasteiger partial charge on any atom is -0.375 e. The van der Waals surface area contributed by atoms with Gasteiger partial charge in [0.1, 0.15) is 23.3 Å². The van der Waals surface area contributed by atoms with E-state index in [1.54, 1.807) is 48.5 Å². The zero-order valence-electron chi connectivity index (χ0n) is 16.3. The first-order valence-electron chi connectivity index (χ1n) is 8.83. The van der Waals surface area contributed by atoms with Crippen LogP contribution < -0.4 is 22.3 Å². The molecule has 0 unspecified atom stereocenters. The van der Waals surface area contributed by atoms with E-state index in [2.05, 4.69) is 33.2 Å². The molecule has 0 bridgehead atoms. The second-order valence-electron chi connectivity index (χ2n) is 6.17. The average molecular weight is 503 g/mol. The first kappa shape index (κ1) is 25.0. The van der Waals surface area contributed by atoms with Gasteiger partial charge < -0.3 is 11.5 Å². The van der Waals surface area contributed by atoms with Crippen LogP contribution in [0.5, 0.6) is 0 Å². The van der Waals surface area contributed by atoms with Crippen LogP contribution in [0.4, 0.5) is 0 Å². The van der Waals surface area contributed by atoms with Gasteiger partial charge in [0, 0.05) is 10.0 Å². The zero-order valence-corrected chi connectivity index (χ0v) is 19.4. The van der Waals surface area contributed by atoms with Crippen LogP contribution in [0.2, 0.25) is 10.0 Å². The quantitative estimate of drug-likeness (QED) is 0.256. The third kappa shape index (κ3) is 6.87. The monoisotopic (exact) mass is 502 g/mol. The molecular weight excluding hydrogens is 487 g/mol. The van der Waals surface area contributed by atoms with Crippen molar-refractivity contribution in [1.29, 1.82) is 10.5 Å². The van der Waals surface area contributed by atoms with Crippen molar-refractivity contribution in [3.05, 3.63) is 69.7 Å². The summed E-state index contributed by atoms with van der Waals surface area (Å²) in [6.07, 6.45) is 0. The van der Waals surface area contributed by atoms with Crippen molar-refractivity contribution in [2.75, 3.05) is 0 Å². The summed E-state index contributed by atoms with van der Waals surface area (Å²) in [5, 5.41) is 29.1. The van der Waals surface area contributed by atoms with Crippen molar-refractivity contribution < 1.29 is 0 Å². The second kappa shape index (κ2) is 11.9. The molecule has 0 saturated heterocycles. The molecule has 2 atom stereocenters. The number of hydrazone groups is 2. The molecule has 0 radical (unpaired) electrons. The lowest BCUT2D eigenvalue weighted by atomic mass is 9.85. The molecule has 8 nitrogen and oxygen atoms in total. The van der Waals surface area contributed by atoms with Crippen molar-refractivity contribution in [2.24, 2.45) is 21.7 Å². The van der Waals surface area contributed by atoms with Gasteiger partial charge in [-0.2, -0.15) is 20.7 Å². The molecule has 0 spiro atoms. The van der Waals surface area contributed by atoms with Crippen LogP contribution >= 0.6 is 47.6 Å². The maximum atomic E-state index is 9.99. The van der Waals surface area contributed by atoms with Crippen LogP contribution in [0.3, 0.4) is 0 Å². The molecule has 0 amide bonds. The molecule has 6 N–H and O–H groups in total. The number of rotatable bonds is 7. The predicted octanol–water partition coefficient (Wildman–Crippen LogP) is 3.29. The van der Waals surface area contributed by atoms with Crippen molar-refractivity contribution in [3.63, 3.8) is 0 Å². The first-order valence-corrected chi connectivity index (χ1v) is 10.4. The van der Waals surface area contributed by atoms with Gasteiger partial charge in [0.15, 0.2) is 10.2 Å². The van der Waals surface area contributed by atoms with Gasteiger partial charge in [-0.15, -0.1) is 0 Å². The number of hydrogen-bond donors (Lipinski definition) is 4. The van der Waals surface area contributed by atoms with Crippen molar-refractivity contribution in [1.82, 2.24) is 10.9 Å². The Morgan fingerprint density at radius 3 is 1.31 bits per heavy atom. The molecule has 32 heavy (non-hydrogen) atoms. The fraction of sp³-hybridized carbons (Fsp3) is 0.100. The number of nitrogens with one attached hydrogen (secondary N) is 2. The summed E-state index contributed by atoms with van der Waals surface area (Å²) in [4.78, 5) is 0. The van der Waals surface area contributed by atoms with Gasteiger partial charge in [-0.05, 0) is 59.8 Å². The molecule has 0 heterocycles. The number of hydrogen-bond acceptors (Lipinski definition) is 6. The van der Waals surface area contributed by atoms with E-state index in [0.717, 1.165) is 0 Å². The lowest BCUT2D eigenvalue weighted by Gasteiger charge is -2.19. The van der Waals surface area contributed by atoms with Gasteiger partial charge in [0.25, 0.3) is 0 Å². The maximum absolute atomic E-state index is 9.99. The normalized spacial score (nSPS) is 13.2. The van der Waals surface area contributed by atoms with E-state index < -0.39 is 11.8 Å². The predicted molar refractivity (Wildman–Crippen MR) is 134 cm³/mol. The Labute approximate surface area is 205 Å². The smallest absolute Gasteiger partial charge is 0.184 e. The van der Waals surface area contributed by atoms with E-state index in [0.29, 0.717) is 21.2 Å². The first-order chi connectivity index (χ1) is 15.3. The highest BCUT2D eigenvalue weighted by Gasteiger charge is 2.30. The molecule has 0 aromatic heterocycles. The third-order valence-corrected chi connectivity index (χ3v) is 4.73. The maximum Gasteiger partial charge on any atom is 0.184 e. The highest BCUT2D eigenvalue weighted by molar-refractivity contribution is 7.80. The molecular formula is C20H16Cl2N8S2. The van der Waals surface area contributed by atoms with Crippen LogP contribution in [0.15, 0.2) is 58.7 Å². The fourth-order valence-electron chi connectivity index (χ4n) is 2.67. The SMILES string of the molecule is N#C[C@H](C(=N/NC(N)=S)/C(=N/NC(N)=S)[C@H](C#N)c1ccc(Cl)cc1)c1ccc(Cl)cc1. The fourth-order valence-corrected chi connectivity index (χ4v) is 3.01. The summed E-state index contributed by atoms with van der Waals surface area (Å²) in [5.41, 5.74) is 17.3. The number of thiocarbonyl (C=S) groups is 2. The highest BCUT2D eigenvalue weighted by atomic mass is 35.5. The summed E-state index contributed by atoms with van der Waals surface area (Å²) in [6.45, 7) is 0. The van der Waals surface area contributed by atoms with Gasteiger partial charge in [-0.1, -0.05) is 47.5 Å². The largest absolute Gasteiger partial charge is 0.375 e. The molecule has 0 aliphatic rings. The third-order valence-electron chi connectivity index (χ3n) is 4.05. The van der Waals surface area contributed by atoms with Crippen LogP contribution in [-0.2, 0) is 0 Å². The van der Waals surface area contributed by atoms with Crippen molar-refractivity contribution >= 4 is 69.3 Å². The number of nitriles is 2. The van der Waals surface area contributed by atoms with E-state index in [4.69, 9.17) is 59.1 Å². The Balaban J connectivity index is 2.71. The summed E-state index contributed by atoms with van der Waals surface area (Å²) in [5.74, 6) is -1.94. The molecule has 0 fully saturated rings. The number of nitrogens with two attached hydrogens (primary N) is 2. The number of nitrogens with zero attached hydrogens (tertiary/aromatic N) is 4. The second-order valence-corrected chi connectivity index (χ2v) is 7.93. The molecule has 0 aliphatic carbocycles. The van der Waals surface area contributed by atoms with E-state index in [1.807, 2.05) is 0 Å². The van der Waals surface area contributed by atoms with Crippen molar-refractivity contribution in [2.45, 2.75) is 11.8 Å². The van der Waals surface area contributed by atoms with Gasteiger partial charge in [0.2, 0.25) is 0 Å². The molecule has 2 rings (SSSR count). The van der Waals surface area contributed by atoms with Gasteiger partial charge in [-0.3, -0.25) is 10.9 Å². The Morgan fingerprint density at radius 2 is 1.06 bits per heavy atom. The Morgan fingerprint density at radius 1 is 0.750 bits per heavy atom. The Bertz CT molecular complexity index is 1040. The van der Waals surface area contributed by atoms with Crippen molar-refractivity contribution in [3.8, 4) is 12.1 Å². The molecule has 0 saturated carbocycles. The van der Waals surface area contributed by atoms with E-state index >= 15 is 0 Å². The summed E-state index contributed by atoms with van der Waals surface area (Å²) in [7, 11) is 0. The van der Waals surface area contributed by atoms with Gasteiger partial charge in [0.05, 0.1) is 12.1 Å². The van der Waals surface area contributed by atoms with E-state index in [9.17, 15) is 10.5 Å². The van der Waals surface area contributed by atoms with E-state index in [1.165, 1.54) is 0 Å². The van der Waals surface area contributed by atoms with Gasteiger partial charge in [-0.25, -0.2) is 0 Å². The minimum absolute atomic E-state index is 0.0767. The molecule has 2 aromatic rings. The molecule has 162 valence electrons. The topological polar surface area (TPSA) is 148 Å². The lowest BCUT2D eigenvalue weighted by molar-refractivity contribution is 0.974.